The van der Waals surface area contributed by atoms with Gasteiger partial charge in [-0.15, -0.1) is 0 Å². The number of nitrogens with two attached hydrogens (primary N) is 1. The van der Waals surface area contributed by atoms with Gasteiger partial charge in [-0.25, -0.2) is 4.79 Å². The Morgan fingerprint density at radius 1 is 1.33 bits per heavy atom. The molecule has 0 heterocycles. The van der Waals surface area contributed by atoms with Crippen molar-refractivity contribution in [1.82, 2.24) is 0 Å². The van der Waals surface area contributed by atoms with Crippen molar-refractivity contribution in [2.24, 2.45) is 5.73 Å². The first kappa shape index (κ1) is 11.5. The summed E-state index contributed by atoms with van der Waals surface area (Å²) in [6, 6.07) is 6.15. The predicted octanol–water partition coefficient (Wildman–Crippen LogP) is 1.37. The van der Waals surface area contributed by atoms with Crippen molar-refractivity contribution >= 4 is 23.5 Å². The molecule has 0 bridgehead atoms. The van der Waals surface area contributed by atoms with Crippen LogP contribution in [0.2, 0.25) is 5.02 Å². The Labute approximate surface area is 92.0 Å². The molecule has 1 rings (SSSR count). The molecule has 0 aliphatic rings. The van der Waals surface area contributed by atoms with E-state index in [2.05, 4.69) is 0 Å². The molecule has 0 aliphatic heterocycles. The number of hydrogen-bond acceptors (Lipinski definition) is 3. The lowest BCUT2D eigenvalue weighted by Crippen LogP contribution is -2.30. The number of benzene rings is 1. The van der Waals surface area contributed by atoms with Crippen LogP contribution in [0.25, 0.3) is 0 Å². The van der Waals surface area contributed by atoms with Gasteiger partial charge in [0.05, 0.1) is 5.56 Å². The van der Waals surface area contributed by atoms with Crippen LogP contribution in [0.1, 0.15) is 17.3 Å². The van der Waals surface area contributed by atoms with Gasteiger partial charge in [0.2, 0.25) is 0 Å². The Bertz CT molecular complexity index is 375. The molecule has 0 fully saturated rings. The number of halogens is 1. The molecule has 0 saturated heterocycles. The van der Waals surface area contributed by atoms with Crippen molar-refractivity contribution in [3.05, 3.63) is 34.9 Å². The summed E-state index contributed by atoms with van der Waals surface area (Å²) in [7, 11) is 0. The largest absolute Gasteiger partial charge is 0.449 e. The minimum atomic E-state index is -0.937. The van der Waals surface area contributed by atoms with Crippen LogP contribution < -0.4 is 5.73 Å². The van der Waals surface area contributed by atoms with Crippen LogP contribution in [0.4, 0.5) is 0 Å². The molecule has 0 unspecified atom stereocenters. The van der Waals surface area contributed by atoms with Gasteiger partial charge in [-0.2, -0.15) is 0 Å². The fourth-order valence-electron chi connectivity index (χ4n) is 0.873. The fourth-order valence-corrected chi connectivity index (χ4v) is 0.999. The van der Waals surface area contributed by atoms with Gasteiger partial charge < -0.3 is 10.5 Å². The summed E-state index contributed by atoms with van der Waals surface area (Å²) in [4.78, 5) is 22.0. The molecule has 1 aromatic carbocycles. The van der Waals surface area contributed by atoms with Gasteiger partial charge in [0.25, 0.3) is 5.91 Å². The topological polar surface area (TPSA) is 69.4 Å². The van der Waals surface area contributed by atoms with Gasteiger partial charge in [0.1, 0.15) is 0 Å². The average Bonchev–Trinajstić information content (AvgIpc) is 2.18. The second-order valence-corrected chi connectivity index (χ2v) is 3.39. The highest BCUT2D eigenvalue weighted by Crippen LogP contribution is 2.11. The Hall–Kier alpha value is -1.55. The average molecular weight is 228 g/mol. The molecule has 2 N–H and O–H groups in total. The number of carbonyl (C=O) groups excluding carboxylic acids is 2. The van der Waals surface area contributed by atoms with Gasteiger partial charge in [-0.3, -0.25) is 4.79 Å². The molecule has 0 radical (unpaired) electrons. The Kier molecular flexibility index (Phi) is 3.68. The van der Waals surface area contributed by atoms with E-state index in [0.29, 0.717) is 10.6 Å². The molecule has 0 saturated carbocycles. The molecular formula is C10H10ClNO3. The number of ether oxygens (including phenoxy) is 1. The molecule has 0 aliphatic carbocycles. The van der Waals surface area contributed by atoms with E-state index >= 15 is 0 Å². The first-order valence-electron chi connectivity index (χ1n) is 4.26. The smallest absolute Gasteiger partial charge is 0.338 e. The maximum Gasteiger partial charge on any atom is 0.338 e. The highest BCUT2D eigenvalue weighted by molar-refractivity contribution is 6.30. The minimum absolute atomic E-state index is 0.326. The number of esters is 1. The van der Waals surface area contributed by atoms with Crippen LogP contribution in [0.3, 0.4) is 0 Å². The third-order valence-corrected chi connectivity index (χ3v) is 2.02. The number of carbonyl (C=O) groups is 2. The summed E-state index contributed by atoms with van der Waals surface area (Å²) in [5, 5.41) is 0.523. The van der Waals surface area contributed by atoms with Crippen molar-refractivity contribution < 1.29 is 14.3 Å². The van der Waals surface area contributed by atoms with Gasteiger partial charge in [-0.05, 0) is 31.2 Å². The summed E-state index contributed by atoms with van der Waals surface area (Å²) in [5.74, 6) is -1.28. The first-order valence-corrected chi connectivity index (χ1v) is 4.64. The third kappa shape index (κ3) is 3.25. The first-order chi connectivity index (χ1) is 7.00. The molecule has 1 amide bonds. The summed E-state index contributed by atoms with van der Waals surface area (Å²) < 4.78 is 4.78. The molecule has 1 aromatic rings. The van der Waals surface area contributed by atoms with E-state index in [9.17, 15) is 9.59 Å². The molecular weight excluding hydrogens is 218 g/mol. The van der Waals surface area contributed by atoms with Crippen molar-refractivity contribution in [2.75, 3.05) is 0 Å². The van der Waals surface area contributed by atoms with E-state index in [1.165, 1.54) is 19.1 Å². The SMILES string of the molecule is C[C@@H](OC(=O)c1ccc(Cl)cc1)C(N)=O. The Morgan fingerprint density at radius 2 is 1.87 bits per heavy atom. The van der Waals surface area contributed by atoms with E-state index in [0.717, 1.165) is 0 Å². The number of amides is 1. The van der Waals surface area contributed by atoms with E-state index in [1.54, 1.807) is 12.1 Å². The molecule has 15 heavy (non-hydrogen) atoms. The quantitative estimate of drug-likeness (QED) is 0.793. The number of rotatable bonds is 3. The highest BCUT2D eigenvalue weighted by Gasteiger charge is 2.15. The summed E-state index contributed by atoms with van der Waals surface area (Å²) in [5.41, 5.74) is 5.28. The molecule has 5 heteroatoms. The minimum Gasteiger partial charge on any atom is -0.449 e. The lowest BCUT2D eigenvalue weighted by Gasteiger charge is -2.09. The monoisotopic (exact) mass is 227 g/mol. The van der Waals surface area contributed by atoms with E-state index < -0.39 is 18.0 Å². The zero-order valence-electron chi connectivity index (χ0n) is 8.07. The summed E-state index contributed by atoms with van der Waals surface area (Å²) >= 11 is 5.65. The van der Waals surface area contributed by atoms with Crippen LogP contribution in [0.15, 0.2) is 24.3 Å². The number of primary amides is 1. The maximum atomic E-state index is 11.4. The summed E-state index contributed by atoms with van der Waals surface area (Å²) in [6.45, 7) is 1.41. The van der Waals surface area contributed by atoms with Gasteiger partial charge >= 0.3 is 5.97 Å². The van der Waals surface area contributed by atoms with Crippen LogP contribution in [0.5, 0.6) is 0 Å². The molecule has 4 nitrogen and oxygen atoms in total. The predicted molar refractivity (Wildman–Crippen MR) is 55.5 cm³/mol. The van der Waals surface area contributed by atoms with E-state index in [4.69, 9.17) is 22.1 Å². The zero-order chi connectivity index (χ0) is 11.4. The van der Waals surface area contributed by atoms with Crippen molar-refractivity contribution in [2.45, 2.75) is 13.0 Å². The Morgan fingerprint density at radius 3 is 2.33 bits per heavy atom. The maximum absolute atomic E-state index is 11.4. The molecule has 80 valence electrons. The lowest BCUT2D eigenvalue weighted by molar-refractivity contribution is -0.125. The highest BCUT2D eigenvalue weighted by atomic mass is 35.5. The molecule has 0 spiro atoms. The zero-order valence-corrected chi connectivity index (χ0v) is 8.82. The molecule has 0 aromatic heterocycles. The normalized spacial score (nSPS) is 11.9. The van der Waals surface area contributed by atoms with E-state index in [-0.39, 0.29) is 0 Å². The lowest BCUT2D eigenvalue weighted by atomic mass is 10.2. The van der Waals surface area contributed by atoms with Gasteiger partial charge in [0.15, 0.2) is 6.10 Å². The summed E-state index contributed by atoms with van der Waals surface area (Å²) in [6.07, 6.45) is -0.937. The molecule has 1 atom stereocenters. The van der Waals surface area contributed by atoms with Crippen molar-refractivity contribution in [3.63, 3.8) is 0 Å². The van der Waals surface area contributed by atoms with Crippen molar-refractivity contribution in [1.29, 1.82) is 0 Å². The van der Waals surface area contributed by atoms with Gasteiger partial charge in [0, 0.05) is 5.02 Å². The fraction of sp³-hybridized carbons (Fsp3) is 0.200. The van der Waals surface area contributed by atoms with Crippen LogP contribution in [-0.4, -0.2) is 18.0 Å². The van der Waals surface area contributed by atoms with Crippen LogP contribution in [0, 0.1) is 0 Å². The second-order valence-electron chi connectivity index (χ2n) is 2.96. The number of hydrogen-bond donors (Lipinski definition) is 1. The second kappa shape index (κ2) is 4.79. The van der Waals surface area contributed by atoms with Crippen LogP contribution in [-0.2, 0) is 9.53 Å². The van der Waals surface area contributed by atoms with Crippen molar-refractivity contribution in [3.8, 4) is 0 Å². The Balaban J connectivity index is 2.69. The van der Waals surface area contributed by atoms with Crippen LogP contribution >= 0.6 is 11.6 Å². The standard InChI is InChI=1S/C10H10ClNO3/c1-6(9(12)13)15-10(14)7-2-4-8(11)5-3-7/h2-6H,1H3,(H2,12,13)/t6-/m1/s1. The third-order valence-electron chi connectivity index (χ3n) is 1.76. The van der Waals surface area contributed by atoms with Gasteiger partial charge in [-0.1, -0.05) is 11.6 Å². The van der Waals surface area contributed by atoms with E-state index in [1.807, 2.05) is 0 Å².